The minimum atomic E-state index is -0.550. The minimum absolute atomic E-state index is 0.139. The van der Waals surface area contributed by atoms with Gasteiger partial charge in [-0.1, -0.05) is 24.3 Å². The minimum Gasteiger partial charge on any atom is -0.453 e. The second kappa shape index (κ2) is 9.81. The first-order chi connectivity index (χ1) is 13.0. The van der Waals surface area contributed by atoms with Crippen molar-refractivity contribution >= 4 is 29.4 Å². The second-order valence-electron chi connectivity index (χ2n) is 5.77. The molecule has 8 nitrogen and oxygen atoms in total. The third kappa shape index (κ3) is 7.07. The summed E-state index contributed by atoms with van der Waals surface area (Å²) in [5.41, 5.74) is 3.13. The number of nitrogens with one attached hydrogen (secondary N) is 4. The molecule has 0 spiro atoms. The summed E-state index contributed by atoms with van der Waals surface area (Å²) < 4.78 is 4.51. The number of hydrogen-bond acceptors (Lipinski definition) is 4. The van der Waals surface area contributed by atoms with Crippen LogP contribution in [0.1, 0.15) is 11.1 Å². The fourth-order valence-corrected chi connectivity index (χ4v) is 2.20. The van der Waals surface area contributed by atoms with Crippen molar-refractivity contribution in [1.29, 1.82) is 0 Å². The average Bonchev–Trinajstić information content (AvgIpc) is 2.65. The number of anilines is 2. The van der Waals surface area contributed by atoms with Gasteiger partial charge in [-0.3, -0.25) is 10.1 Å². The summed E-state index contributed by atoms with van der Waals surface area (Å²) in [5, 5.41) is 10.4. The van der Waals surface area contributed by atoms with E-state index in [1.807, 2.05) is 25.1 Å². The third-order valence-electron chi connectivity index (χ3n) is 3.56. The number of carbonyl (C=O) groups is 3. The Balaban J connectivity index is 1.71. The lowest BCUT2D eigenvalue weighted by Crippen LogP contribution is -2.38. The van der Waals surface area contributed by atoms with Crippen molar-refractivity contribution in [3.05, 3.63) is 59.7 Å². The van der Waals surface area contributed by atoms with E-state index in [1.54, 1.807) is 30.3 Å². The normalized spacial score (nSPS) is 9.85. The van der Waals surface area contributed by atoms with Crippen LogP contribution >= 0.6 is 0 Å². The Morgan fingerprint density at radius 3 is 2.33 bits per heavy atom. The molecule has 8 heteroatoms. The molecule has 0 aromatic heterocycles. The van der Waals surface area contributed by atoms with E-state index in [9.17, 15) is 14.4 Å². The third-order valence-corrected chi connectivity index (χ3v) is 3.56. The number of rotatable bonds is 6. The number of methoxy groups -OCH3 is 1. The Labute approximate surface area is 157 Å². The van der Waals surface area contributed by atoms with Gasteiger partial charge in [0.25, 0.3) is 0 Å². The average molecular weight is 370 g/mol. The molecule has 0 aliphatic rings. The number of carbonyl (C=O) groups excluding carboxylic acids is 3. The van der Waals surface area contributed by atoms with Gasteiger partial charge in [-0.15, -0.1) is 0 Å². The maximum atomic E-state index is 11.9. The van der Waals surface area contributed by atoms with Crippen LogP contribution in [-0.2, 0) is 16.1 Å². The van der Waals surface area contributed by atoms with Gasteiger partial charge in [-0.05, 0) is 42.3 Å². The smallest absolute Gasteiger partial charge is 0.411 e. The van der Waals surface area contributed by atoms with E-state index in [0.29, 0.717) is 17.9 Å². The van der Waals surface area contributed by atoms with E-state index in [1.165, 1.54) is 7.11 Å². The first-order valence-corrected chi connectivity index (χ1v) is 8.28. The maximum absolute atomic E-state index is 11.9. The highest BCUT2D eigenvalue weighted by molar-refractivity contribution is 5.92. The van der Waals surface area contributed by atoms with Gasteiger partial charge in [0, 0.05) is 17.9 Å². The molecule has 0 radical (unpaired) electrons. The number of urea groups is 1. The Morgan fingerprint density at radius 1 is 0.926 bits per heavy atom. The van der Waals surface area contributed by atoms with Gasteiger partial charge in [-0.2, -0.15) is 0 Å². The summed E-state index contributed by atoms with van der Waals surface area (Å²) in [4.78, 5) is 34.8. The van der Waals surface area contributed by atoms with Crippen molar-refractivity contribution in [1.82, 2.24) is 10.6 Å². The van der Waals surface area contributed by atoms with Crippen LogP contribution in [-0.4, -0.2) is 31.7 Å². The summed E-state index contributed by atoms with van der Waals surface area (Å²) in [6.07, 6.45) is -0.550. The molecular weight excluding hydrogens is 348 g/mol. The van der Waals surface area contributed by atoms with Crippen molar-refractivity contribution in [3.63, 3.8) is 0 Å². The standard InChI is InChI=1S/C19H22N4O4/c1-13-4-3-5-16(10-13)22-18(25)21-12-17(24)20-11-14-6-8-15(9-7-14)23-19(26)27-2/h3-10H,11-12H2,1-2H3,(H,20,24)(H,23,26)(H2,21,22,25). The van der Waals surface area contributed by atoms with Crippen LogP contribution in [0.15, 0.2) is 48.5 Å². The highest BCUT2D eigenvalue weighted by Gasteiger charge is 2.06. The fraction of sp³-hybridized carbons (Fsp3) is 0.211. The molecule has 2 rings (SSSR count). The Kier molecular flexibility index (Phi) is 7.18. The molecule has 142 valence electrons. The van der Waals surface area contributed by atoms with E-state index in [-0.39, 0.29) is 12.5 Å². The molecule has 0 bridgehead atoms. The van der Waals surface area contributed by atoms with Gasteiger partial charge in [-0.25, -0.2) is 9.59 Å². The van der Waals surface area contributed by atoms with Crippen LogP contribution in [0.4, 0.5) is 21.0 Å². The number of ether oxygens (including phenoxy) is 1. The molecule has 2 aromatic carbocycles. The lowest BCUT2D eigenvalue weighted by Gasteiger charge is -2.09. The highest BCUT2D eigenvalue weighted by Crippen LogP contribution is 2.10. The maximum Gasteiger partial charge on any atom is 0.411 e. The van der Waals surface area contributed by atoms with Crippen molar-refractivity contribution in [3.8, 4) is 0 Å². The predicted molar refractivity (Wildman–Crippen MR) is 103 cm³/mol. The van der Waals surface area contributed by atoms with Gasteiger partial charge in [0.15, 0.2) is 0 Å². The van der Waals surface area contributed by atoms with E-state index in [0.717, 1.165) is 11.1 Å². The zero-order valence-electron chi connectivity index (χ0n) is 15.2. The molecule has 0 saturated heterocycles. The molecule has 0 fully saturated rings. The van der Waals surface area contributed by atoms with Gasteiger partial charge >= 0.3 is 12.1 Å². The summed E-state index contributed by atoms with van der Waals surface area (Å²) in [6.45, 7) is 2.09. The molecule has 4 N–H and O–H groups in total. The van der Waals surface area contributed by atoms with Crippen molar-refractivity contribution in [2.24, 2.45) is 0 Å². The molecular formula is C19H22N4O4. The number of aryl methyl sites for hydroxylation is 1. The molecule has 0 saturated carbocycles. The molecule has 2 aromatic rings. The van der Waals surface area contributed by atoms with Crippen LogP contribution in [0.5, 0.6) is 0 Å². The van der Waals surface area contributed by atoms with Crippen LogP contribution in [0, 0.1) is 6.92 Å². The SMILES string of the molecule is COC(=O)Nc1ccc(CNC(=O)CNC(=O)Nc2cccc(C)c2)cc1. The Hall–Kier alpha value is -3.55. The van der Waals surface area contributed by atoms with Crippen molar-refractivity contribution in [2.75, 3.05) is 24.3 Å². The van der Waals surface area contributed by atoms with E-state index in [2.05, 4.69) is 26.0 Å². The fourth-order valence-electron chi connectivity index (χ4n) is 2.20. The van der Waals surface area contributed by atoms with Crippen LogP contribution in [0.3, 0.4) is 0 Å². The Morgan fingerprint density at radius 2 is 1.67 bits per heavy atom. The highest BCUT2D eigenvalue weighted by atomic mass is 16.5. The van der Waals surface area contributed by atoms with Crippen LogP contribution < -0.4 is 21.3 Å². The van der Waals surface area contributed by atoms with Gasteiger partial charge < -0.3 is 20.7 Å². The van der Waals surface area contributed by atoms with E-state index >= 15 is 0 Å². The molecule has 0 aliphatic carbocycles. The monoisotopic (exact) mass is 370 g/mol. The van der Waals surface area contributed by atoms with E-state index in [4.69, 9.17) is 0 Å². The molecule has 0 heterocycles. The number of benzene rings is 2. The summed E-state index contributed by atoms with van der Waals surface area (Å²) in [7, 11) is 1.29. The first-order valence-electron chi connectivity index (χ1n) is 8.28. The lowest BCUT2D eigenvalue weighted by atomic mass is 10.2. The van der Waals surface area contributed by atoms with E-state index < -0.39 is 12.1 Å². The molecule has 0 aliphatic heterocycles. The Bertz CT molecular complexity index is 806. The predicted octanol–water partition coefficient (Wildman–Crippen LogP) is 2.61. The largest absolute Gasteiger partial charge is 0.453 e. The molecule has 0 unspecified atom stereocenters. The zero-order chi connectivity index (χ0) is 19.6. The number of amides is 4. The first kappa shape index (κ1) is 19.8. The van der Waals surface area contributed by atoms with Crippen molar-refractivity contribution < 1.29 is 19.1 Å². The zero-order valence-corrected chi connectivity index (χ0v) is 15.2. The summed E-state index contributed by atoms with van der Waals surface area (Å²) in [6, 6.07) is 13.8. The van der Waals surface area contributed by atoms with Gasteiger partial charge in [0.1, 0.15) is 0 Å². The van der Waals surface area contributed by atoms with Crippen LogP contribution in [0.25, 0.3) is 0 Å². The van der Waals surface area contributed by atoms with Crippen LogP contribution in [0.2, 0.25) is 0 Å². The van der Waals surface area contributed by atoms with Gasteiger partial charge in [0.05, 0.1) is 13.7 Å². The summed E-state index contributed by atoms with van der Waals surface area (Å²) in [5.74, 6) is -0.314. The lowest BCUT2D eigenvalue weighted by molar-refractivity contribution is -0.120. The van der Waals surface area contributed by atoms with Crippen molar-refractivity contribution in [2.45, 2.75) is 13.5 Å². The van der Waals surface area contributed by atoms with Gasteiger partial charge in [0.2, 0.25) is 5.91 Å². The molecule has 0 atom stereocenters. The quantitative estimate of drug-likeness (QED) is 0.627. The topological polar surface area (TPSA) is 109 Å². The summed E-state index contributed by atoms with van der Waals surface area (Å²) >= 11 is 0. The number of hydrogen-bond donors (Lipinski definition) is 4. The molecule has 4 amide bonds. The second-order valence-corrected chi connectivity index (χ2v) is 5.77. The molecule has 27 heavy (non-hydrogen) atoms.